The van der Waals surface area contributed by atoms with Gasteiger partial charge >= 0.3 is 0 Å². The summed E-state index contributed by atoms with van der Waals surface area (Å²) >= 11 is 0. The van der Waals surface area contributed by atoms with Crippen molar-refractivity contribution < 1.29 is 0 Å². The van der Waals surface area contributed by atoms with Gasteiger partial charge < -0.3 is 10.2 Å². The Morgan fingerprint density at radius 1 is 1.36 bits per heavy atom. The SMILES string of the molecule is CCNC(C)CCCCN(C)C1CC1. The third kappa shape index (κ3) is 4.97. The molecular weight excluding hydrogens is 172 g/mol. The van der Waals surface area contributed by atoms with Crippen molar-refractivity contribution in [3.8, 4) is 0 Å². The molecule has 0 aliphatic heterocycles. The van der Waals surface area contributed by atoms with E-state index in [-0.39, 0.29) is 0 Å². The Kier molecular flexibility index (Phi) is 5.49. The van der Waals surface area contributed by atoms with Gasteiger partial charge in [0.05, 0.1) is 0 Å². The topological polar surface area (TPSA) is 15.3 Å². The van der Waals surface area contributed by atoms with Crippen LogP contribution < -0.4 is 5.32 Å². The van der Waals surface area contributed by atoms with Gasteiger partial charge in [0.2, 0.25) is 0 Å². The quantitative estimate of drug-likeness (QED) is 0.602. The second kappa shape index (κ2) is 6.41. The Labute approximate surface area is 89.1 Å². The summed E-state index contributed by atoms with van der Waals surface area (Å²) in [5.41, 5.74) is 0. The molecule has 1 fully saturated rings. The zero-order valence-electron chi connectivity index (χ0n) is 10.1. The van der Waals surface area contributed by atoms with Gasteiger partial charge in [-0.05, 0) is 52.7 Å². The molecule has 1 atom stereocenters. The fraction of sp³-hybridized carbons (Fsp3) is 1.00. The van der Waals surface area contributed by atoms with Gasteiger partial charge in [-0.25, -0.2) is 0 Å². The van der Waals surface area contributed by atoms with Gasteiger partial charge in [0, 0.05) is 12.1 Å². The van der Waals surface area contributed by atoms with Crippen LogP contribution in [0.5, 0.6) is 0 Å². The summed E-state index contributed by atoms with van der Waals surface area (Å²) in [6.07, 6.45) is 6.93. The molecule has 1 saturated carbocycles. The molecule has 2 heteroatoms. The Morgan fingerprint density at radius 3 is 2.64 bits per heavy atom. The number of nitrogens with zero attached hydrogens (tertiary/aromatic N) is 1. The number of hydrogen-bond donors (Lipinski definition) is 1. The van der Waals surface area contributed by atoms with Crippen molar-refractivity contribution >= 4 is 0 Å². The Bertz CT molecular complexity index is 143. The third-order valence-electron chi connectivity index (χ3n) is 3.12. The lowest BCUT2D eigenvalue weighted by Gasteiger charge is -2.16. The molecule has 1 unspecified atom stereocenters. The summed E-state index contributed by atoms with van der Waals surface area (Å²) in [4.78, 5) is 2.53. The van der Waals surface area contributed by atoms with Crippen molar-refractivity contribution in [2.45, 2.75) is 58.0 Å². The average Bonchev–Trinajstić information content (AvgIpc) is 2.95. The fourth-order valence-corrected chi connectivity index (χ4v) is 1.96. The number of unbranched alkanes of at least 4 members (excludes halogenated alkanes) is 1. The number of hydrogen-bond acceptors (Lipinski definition) is 2. The maximum atomic E-state index is 3.46. The highest BCUT2D eigenvalue weighted by atomic mass is 15.1. The fourth-order valence-electron chi connectivity index (χ4n) is 1.96. The molecule has 0 spiro atoms. The van der Waals surface area contributed by atoms with E-state index in [4.69, 9.17) is 0 Å². The summed E-state index contributed by atoms with van der Waals surface area (Å²) in [5, 5.41) is 3.46. The lowest BCUT2D eigenvalue weighted by Crippen LogP contribution is -2.26. The largest absolute Gasteiger partial charge is 0.315 e. The summed E-state index contributed by atoms with van der Waals surface area (Å²) < 4.78 is 0. The van der Waals surface area contributed by atoms with E-state index in [1.165, 1.54) is 38.6 Å². The van der Waals surface area contributed by atoms with Crippen molar-refractivity contribution in [3.05, 3.63) is 0 Å². The normalized spacial score (nSPS) is 18.9. The van der Waals surface area contributed by atoms with E-state index in [0.717, 1.165) is 12.6 Å². The van der Waals surface area contributed by atoms with Crippen molar-refractivity contribution in [3.63, 3.8) is 0 Å². The minimum absolute atomic E-state index is 0.700. The molecule has 0 aromatic rings. The predicted molar refractivity (Wildman–Crippen MR) is 62.6 cm³/mol. The van der Waals surface area contributed by atoms with Crippen LogP contribution in [0.3, 0.4) is 0 Å². The second-order valence-corrected chi connectivity index (χ2v) is 4.67. The lowest BCUT2D eigenvalue weighted by molar-refractivity contribution is 0.312. The Morgan fingerprint density at radius 2 is 2.07 bits per heavy atom. The minimum atomic E-state index is 0.700. The maximum Gasteiger partial charge on any atom is 0.00933 e. The molecule has 1 aliphatic rings. The molecule has 14 heavy (non-hydrogen) atoms. The van der Waals surface area contributed by atoms with E-state index < -0.39 is 0 Å². The molecule has 0 aromatic heterocycles. The van der Waals surface area contributed by atoms with Gasteiger partial charge in [-0.3, -0.25) is 0 Å². The Balaban J connectivity index is 1.87. The van der Waals surface area contributed by atoms with Crippen LogP contribution in [0, 0.1) is 0 Å². The standard InChI is InChI=1S/C12H26N2/c1-4-13-11(2)7-5-6-10-14(3)12-8-9-12/h11-13H,4-10H2,1-3H3. The zero-order chi connectivity index (χ0) is 10.4. The van der Waals surface area contributed by atoms with Crippen LogP contribution in [-0.2, 0) is 0 Å². The summed E-state index contributed by atoms with van der Waals surface area (Å²) in [6, 6.07) is 1.63. The molecule has 1 rings (SSSR count). The van der Waals surface area contributed by atoms with Gasteiger partial charge in [-0.1, -0.05) is 13.3 Å². The lowest BCUT2D eigenvalue weighted by atomic mass is 10.1. The first kappa shape index (κ1) is 12.0. The molecule has 1 aliphatic carbocycles. The van der Waals surface area contributed by atoms with Crippen molar-refractivity contribution in [1.82, 2.24) is 10.2 Å². The number of rotatable bonds is 8. The monoisotopic (exact) mass is 198 g/mol. The summed E-state index contributed by atoms with van der Waals surface area (Å²) in [6.45, 7) is 6.86. The minimum Gasteiger partial charge on any atom is -0.315 e. The van der Waals surface area contributed by atoms with Crippen molar-refractivity contribution in [2.24, 2.45) is 0 Å². The molecule has 2 nitrogen and oxygen atoms in total. The van der Waals surface area contributed by atoms with Crippen LogP contribution in [0.15, 0.2) is 0 Å². The van der Waals surface area contributed by atoms with E-state index in [9.17, 15) is 0 Å². The molecule has 0 amide bonds. The van der Waals surface area contributed by atoms with E-state index in [0.29, 0.717) is 6.04 Å². The van der Waals surface area contributed by atoms with Gasteiger partial charge in [0.1, 0.15) is 0 Å². The summed E-state index contributed by atoms with van der Waals surface area (Å²) in [7, 11) is 2.27. The molecule has 84 valence electrons. The molecule has 0 bridgehead atoms. The van der Waals surface area contributed by atoms with E-state index in [1.54, 1.807) is 0 Å². The van der Waals surface area contributed by atoms with Crippen LogP contribution in [0.2, 0.25) is 0 Å². The molecule has 1 N–H and O–H groups in total. The van der Waals surface area contributed by atoms with Crippen LogP contribution in [0.25, 0.3) is 0 Å². The van der Waals surface area contributed by atoms with E-state index >= 15 is 0 Å². The zero-order valence-corrected chi connectivity index (χ0v) is 10.1. The van der Waals surface area contributed by atoms with Crippen molar-refractivity contribution in [2.75, 3.05) is 20.1 Å². The average molecular weight is 198 g/mol. The van der Waals surface area contributed by atoms with Gasteiger partial charge in [0.15, 0.2) is 0 Å². The van der Waals surface area contributed by atoms with Crippen LogP contribution in [-0.4, -0.2) is 37.1 Å². The van der Waals surface area contributed by atoms with Gasteiger partial charge in [-0.2, -0.15) is 0 Å². The number of nitrogens with one attached hydrogen (secondary N) is 1. The van der Waals surface area contributed by atoms with E-state index in [2.05, 4.69) is 31.1 Å². The second-order valence-electron chi connectivity index (χ2n) is 4.67. The maximum absolute atomic E-state index is 3.46. The molecule has 0 heterocycles. The third-order valence-corrected chi connectivity index (χ3v) is 3.12. The highest BCUT2D eigenvalue weighted by Crippen LogP contribution is 2.25. The van der Waals surface area contributed by atoms with E-state index in [1.807, 2.05) is 0 Å². The van der Waals surface area contributed by atoms with Crippen LogP contribution >= 0.6 is 0 Å². The first-order valence-electron chi connectivity index (χ1n) is 6.17. The van der Waals surface area contributed by atoms with Crippen molar-refractivity contribution in [1.29, 1.82) is 0 Å². The van der Waals surface area contributed by atoms with Gasteiger partial charge in [-0.15, -0.1) is 0 Å². The molecular formula is C12H26N2. The highest BCUT2D eigenvalue weighted by Gasteiger charge is 2.25. The molecule has 0 aromatic carbocycles. The molecule has 0 saturated heterocycles. The van der Waals surface area contributed by atoms with Crippen LogP contribution in [0.1, 0.15) is 46.0 Å². The highest BCUT2D eigenvalue weighted by molar-refractivity contribution is 4.82. The van der Waals surface area contributed by atoms with Gasteiger partial charge in [0.25, 0.3) is 0 Å². The summed E-state index contributed by atoms with van der Waals surface area (Å²) in [5.74, 6) is 0. The first-order valence-corrected chi connectivity index (χ1v) is 6.17. The smallest absolute Gasteiger partial charge is 0.00933 e. The Hall–Kier alpha value is -0.0800. The van der Waals surface area contributed by atoms with Crippen LogP contribution in [0.4, 0.5) is 0 Å². The predicted octanol–water partition coefficient (Wildman–Crippen LogP) is 2.25. The first-order chi connectivity index (χ1) is 6.74. The molecule has 0 radical (unpaired) electrons.